The summed E-state index contributed by atoms with van der Waals surface area (Å²) in [6.45, 7) is 13.2. The summed E-state index contributed by atoms with van der Waals surface area (Å²) >= 11 is 0. The van der Waals surface area contributed by atoms with Crippen LogP contribution >= 0.6 is 0 Å². The molecule has 0 aromatic rings. The van der Waals surface area contributed by atoms with Crippen LogP contribution in [0.5, 0.6) is 0 Å². The van der Waals surface area contributed by atoms with Crippen LogP contribution in [0.15, 0.2) is 0 Å². The molecule has 6 unspecified atom stereocenters. The van der Waals surface area contributed by atoms with E-state index in [1.54, 1.807) is 41.5 Å². The van der Waals surface area contributed by atoms with E-state index in [0.717, 1.165) is 0 Å². The quantitative estimate of drug-likeness (QED) is 0.0822. The largest absolute Gasteiger partial charge is 0.443 e. The summed E-state index contributed by atoms with van der Waals surface area (Å²) in [7, 11) is 15.2. The highest BCUT2D eigenvalue weighted by molar-refractivity contribution is 5.98. The van der Waals surface area contributed by atoms with Gasteiger partial charge in [-0.1, -0.05) is 89.1 Å². The molecule has 0 fully saturated rings. The Morgan fingerprint density at radius 3 is 0.784 bits per heavy atom. The van der Waals surface area contributed by atoms with E-state index in [2.05, 4.69) is 14.0 Å². The maximum Gasteiger partial charge on any atom is 0.283 e. The van der Waals surface area contributed by atoms with Gasteiger partial charge in [0.05, 0.1) is 103 Å². The van der Waals surface area contributed by atoms with E-state index < -0.39 is 18.3 Å². The van der Waals surface area contributed by atoms with E-state index in [0.29, 0.717) is 33.0 Å². The van der Waals surface area contributed by atoms with E-state index in [4.69, 9.17) is 67.9 Å². The van der Waals surface area contributed by atoms with Crippen molar-refractivity contribution in [1.29, 1.82) is 0 Å². The molecule has 6 radical (unpaired) electrons. The van der Waals surface area contributed by atoms with Gasteiger partial charge >= 0.3 is 0 Å². The van der Waals surface area contributed by atoms with Crippen molar-refractivity contribution in [2.24, 2.45) is 0 Å². The van der Waals surface area contributed by atoms with E-state index >= 15 is 0 Å². The third-order valence-electron chi connectivity index (χ3n) is 4.47. The standard InChI is InChI=1S/C12H23B3O6.C12H26O6.12CH4/c1-9(19-13)4-16-7-12(18-6-11(3)21-15)8-17-5-10(2)20-14;1-9(13)4-16-7-12(18-6-11(3)15)8-17-5-10(2)14;;;;;;;;;;;;/h9-12H,4-8H2,1-3H3;9-15H,4-8H2,1-3H3;12*1H4. The van der Waals surface area contributed by atoms with Gasteiger partial charge in [-0.2, -0.15) is 0 Å². The molecule has 0 amide bonds. The van der Waals surface area contributed by atoms with Crippen molar-refractivity contribution in [2.75, 3.05) is 66.1 Å². The Bertz CT molecular complexity index is 486. The second kappa shape index (κ2) is 64.7. The van der Waals surface area contributed by atoms with E-state index in [1.807, 2.05) is 0 Å². The summed E-state index contributed by atoms with van der Waals surface area (Å²) in [6, 6.07) is 0. The first-order valence-corrected chi connectivity index (χ1v) is 13.1. The zero-order chi connectivity index (χ0) is 30.1. The van der Waals surface area contributed by atoms with Gasteiger partial charge in [0.25, 0.3) is 24.1 Å². The van der Waals surface area contributed by atoms with Gasteiger partial charge in [-0.15, -0.1) is 0 Å². The number of aliphatic hydroxyl groups excluding tert-OH is 3. The molecule has 3 N–H and O–H groups in total. The smallest absolute Gasteiger partial charge is 0.283 e. The zero-order valence-electron chi connectivity index (χ0n) is 24.4. The molecular formula is C36H97B3O12. The summed E-state index contributed by atoms with van der Waals surface area (Å²) in [5, 5.41) is 27.3. The molecule has 0 bridgehead atoms. The van der Waals surface area contributed by atoms with Gasteiger partial charge in [-0.05, 0) is 41.5 Å². The lowest BCUT2D eigenvalue weighted by molar-refractivity contribution is -0.0927. The van der Waals surface area contributed by atoms with Gasteiger partial charge in [0.15, 0.2) is 0 Å². The van der Waals surface area contributed by atoms with Crippen molar-refractivity contribution in [3.05, 3.63) is 0 Å². The van der Waals surface area contributed by atoms with Crippen LogP contribution in [0.4, 0.5) is 0 Å². The van der Waals surface area contributed by atoms with Gasteiger partial charge in [0.2, 0.25) is 0 Å². The minimum atomic E-state index is -0.555. The van der Waals surface area contributed by atoms with E-state index in [-0.39, 0.29) is 153 Å². The first-order valence-electron chi connectivity index (χ1n) is 13.1. The predicted molar refractivity (Wildman–Crippen MR) is 227 cm³/mol. The molecule has 0 heterocycles. The summed E-state index contributed by atoms with van der Waals surface area (Å²) in [6.07, 6.45) is -2.80. The van der Waals surface area contributed by atoms with Gasteiger partial charge < -0.3 is 57.7 Å². The van der Waals surface area contributed by atoms with Crippen LogP contribution in [0.3, 0.4) is 0 Å². The van der Waals surface area contributed by atoms with Gasteiger partial charge in [-0.25, -0.2) is 0 Å². The fraction of sp³-hybridized carbons (Fsp3) is 1.00. The molecule has 0 aromatic heterocycles. The lowest BCUT2D eigenvalue weighted by Crippen LogP contribution is -2.32. The molecule has 0 aliphatic carbocycles. The summed E-state index contributed by atoms with van der Waals surface area (Å²) in [5.41, 5.74) is 0. The topological polar surface area (TPSA) is 144 Å². The highest BCUT2D eigenvalue weighted by atomic mass is 16.6. The van der Waals surface area contributed by atoms with Gasteiger partial charge in [0.1, 0.15) is 12.2 Å². The first-order chi connectivity index (χ1) is 18.4. The van der Waals surface area contributed by atoms with Crippen LogP contribution in [-0.4, -0.2) is 154 Å². The molecule has 0 rings (SSSR count). The fourth-order valence-corrected chi connectivity index (χ4v) is 2.42. The SMILES string of the molecule is C.C.C.C.C.C.C.C.C.C.C.C.CC(O)COCC(COCC(C)O)OCC(C)O.[B]OC(C)COCC(COCC(C)O[B])OCC(C)O[B]. The molecule has 12 nitrogen and oxygen atoms in total. The van der Waals surface area contributed by atoms with Crippen molar-refractivity contribution >= 4 is 24.1 Å². The van der Waals surface area contributed by atoms with Crippen LogP contribution in [-0.2, 0) is 42.4 Å². The van der Waals surface area contributed by atoms with E-state index in [9.17, 15) is 0 Å². The molecule has 51 heavy (non-hydrogen) atoms. The molecule has 0 spiro atoms. The number of hydrogen-bond acceptors (Lipinski definition) is 12. The van der Waals surface area contributed by atoms with Crippen LogP contribution < -0.4 is 0 Å². The minimum absolute atomic E-state index is 0. The molecule has 0 aliphatic rings. The van der Waals surface area contributed by atoms with Crippen LogP contribution in [0.25, 0.3) is 0 Å². The predicted octanol–water partition coefficient (Wildman–Crippen LogP) is 7.05. The summed E-state index contributed by atoms with van der Waals surface area (Å²) in [5.74, 6) is 0. The highest BCUT2D eigenvalue weighted by Gasteiger charge is 2.14. The van der Waals surface area contributed by atoms with E-state index in [1.165, 1.54) is 0 Å². The average molecular weight is 755 g/mol. The van der Waals surface area contributed by atoms with Crippen LogP contribution in [0, 0.1) is 0 Å². The molecule has 0 saturated carbocycles. The third kappa shape index (κ3) is 71.8. The Balaban J connectivity index is -0.0000000364. The van der Waals surface area contributed by atoms with Crippen LogP contribution in [0.1, 0.15) is 131 Å². The minimum Gasteiger partial charge on any atom is -0.443 e. The van der Waals surface area contributed by atoms with Gasteiger partial charge in [0, 0.05) is 0 Å². The first kappa shape index (κ1) is 93.0. The molecular weight excluding hydrogens is 657 g/mol. The molecule has 322 valence electrons. The second-order valence-corrected chi connectivity index (χ2v) is 9.45. The second-order valence-electron chi connectivity index (χ2n) is 9.45. The lowest BCUT2D eigenvalue weighted by atomic mass is 10.3. The number of hydrogen-bond donors (Lipinski definition) is 3. The number of aliphatic hydroxyl groups is 3. The zero-order valence-corrected chi connectivity index (χ0v) is 24.4. The average Bonchev–Trinajstić information content (AvgIpc) is 2.88. The summed E-state index contributed by atoms with van der Waals surface area (Å²) < 4.78 is 46.3. The Hall–Kier alpha value is -0.285. The Morgan fingerprint density at radius 2 is 0.549 bits per heavy atom. The van der Waals surface area contributed by atoms with Crippen molar-refractivity contribution < 1.29 is 57.7 Å². The Morgan fingerprint density at radius 1 is 0.333 bits per heavy atom. The number of ether oxygens (including phenoxy) is 6. The molecule has 0 saturated heterocycles. The van der Waals surface area contributed by atoms with Crippen molar-refractivity contribution in [3.8, 4) is 0 Å². The van der Waals surface area contributed by atoms with Gasteiger partial charge in [-0.3, -0.25) is 0 Å². The van der Waals surface area contributed by atoms with Crippen molar-refractivity contribution in [2.45, 2.75) is 179 Å². The molecule has 0 aliphatic heterocycles. The van der Waals surface area contributed by atoms with Crippen molar-refractivity contribution in [3.63, 3.8) is 0 Å². The maximum atomic E-state index is 9.14. The normalized spacial score (nSPS) is 13.6. The summed E-state index contributed by atoms with van der Waals surface area (Å²) in [4.78, 5) is 0. The van der Waals surface area contributed by atoms with Crippen LogP contribution in [0.2, 0.25) is 0 Å². The molecule has 6 atom stereocenters. The lowest BCUT2D eigenvalue weighted by Gasteiger charge is -2.22. The highest BCUT2D eigenvalue weighted by Crippen LogP contribution is 2.02. The number of rotatable bonds is 25. The Labute approximate surface area is 327 Å². The molecule has 0 aromatic carbocycles. The third-order valence-corrected chi connectivity index (χ3v) is 4.47. The fourth-order valence-electron chi connectivity index (χ4n) is 2.42. The van der Waals surface area contributed by atoms with Crippen molar-refractivity contribution in [1.82, 2.24) is 0 Å². The Kier molecular flexibility index (Phi) is 118. The monoisotopic (exact) mass is 755 g/mol. The molecule has 15 heteroatoms. The maximum absolute atomic E-state index is 9.14.